The Balaban J connectivity index is 1.28. The Kier molecular flexibility index (Phi) is 5.31. The number of carbonyl (C=O) groups excluding carboxylic acids is 1. The van der Waals surface area contributed by atoms with Crippen molar-refractivity contribution in [3.05, 3.63) is 88.3 Å². The molecule has 0 bridgehead atoms. The summed E-state index contributed by atoms with van der Waals surface area (Å²) in [6.07, 6.45) is 0. The fourth-order valence-electron chi connectivity index (χ4n) is 3.74. The summed E-state index contributed by atoms with van der Waals surface area (Å²) in [7, 11) is 0. The Morgan fingerprint density at radius 1 is 0.935 bits per heavy atom. The monoisotopic (exact) mass is 431 g/mol. The maximum Gasteiger partial charge on any atom is 0.275 e. The number of benzene rings is 2. The largest absolute Gasteiger partial charge is 0.336 e. The third kappa shape index (κ3) is 4.12. The molecule has 1 saturated heterocycles. The minimum Gasteiger partial charge on any atom is -0.336 e. The summed E-state index contributed by atoms with van der Waals surface area (Å²) in [5.41, 5.74) is 2.25. The summed E-state index contributed by atoms with van der Waals surface area (Å²) >= 11 is 1.41. The zero-order valence-electron chi connectivity index (χ0n) is 16.8. The molecule has 0 unspecified atom stereocenters. The summed E-state index contributed by atoms with van der Waals surface area (Å²) < 4.78 is 1.37. The Morgan fingerprint density at radius 2 is 1.61 bits per heavy atom. The van der Waals surface area contributed by atoms with Crippen LogP contribution in [-0.2, 0) is 6.54 Å². The van der Waals surface area contributed by atoms with Crippen molar-refractivity contribution in [3.63, 3.8) is 0 Å². The summed E-state index contributed by atoms with van der Waals surface area (Å²) in [6, 6.07) is 20.7. The smallest absolute Gasteiger partial charge is 0.275 e. The number of hydrogen-bond acceptors (Lipinski definition) is 6. The van der Waals surface area contributed by atoms with Gasteiger partial charge in [-0.15, -0.1) is 0 Å². The van der Waals surface area contributed by atoms with Gasteiger partial charge in [-0.1, -0.05) is 59.9 Å². The topological polar surface area (TPSA) is 70.8 Å². The van der Waals surface area contributed by atoms with Crippen LogP contribution in [-0.4, -0.2) is 56.5 Å². The van der Waals surface area contributed by atoms with Crippen LogP contribution in [0.1, 0.15) is 16.1 Å². The van der Waals surface area contributed by atoms with Gasteiger partial charge in [-0.3, -0.25) is 14.5 Å². The van der Waals surface area contributed by atoms with Crippen molar-refractivity contribution >= 4 is 22.2 Å². The molecule has 31 heavy (non-hydrogen) atoms. The molecule has 7 nitrogen and oxygen atoms in total. The molecule has 0 N–H and O–H groups in total. The van der Waals surface area contributed by atoms with Gasteiger partial charge in [-0.25, -0.2) is 4.98 Å². The van der Waals surface area contributed by atoms with E-state index in [1.807, 2.05) is 65.6 Å². The third-order valence-electron chi connectivity index (χ3n) is 5.38. The van der Waals surface area contributed by atoms with Crippen molar-refractivity contribution < 1.29 is 4.79 Å². The molecule has 0 spiro atoms. The van der Waals surface area contributed by atoms with Crippen LogP contribution in [0.5, 0.6) is 0 Å². The summed E-state index contributed by atoms with van der Waals surface area (Å²) in [5.74, 6) is 0.0659. The molecule has 0 aliphatic carbocycles. The SMILES string of the molecule is O=C(c1ccccc1)N1CCN(Cc2cc(=O)n3nc(-c4ccccc4)sc3n2)CC1. The lowest BCUT2D eigenvalue weighted by Crippen LogP contribution is -2.48. The van der Waals surface area contributed by atoms with Crippen LogP contribution >= 0.6 is 11.3 Å². The number of carbonyl (C=O) groups is 1. The second-order valence-electron chi connectivity index (χ2n) is 7.49. The zero-order valence-corrected chi connectivity index (χ0v) is 17.7. The summed E-state index contributed by atoms with van der Waals surface area (Å²) in [5, 5.41) is 5.20. The Bertz CT molecular complexity index is 1260. The number of rotatable bonds is 4. The van der Waals surface area contributed by atoms with Crippen LogP contribution in [0.3, 0.4) is 0 Å². The summed E-state index contributed by atoms with van der Waals surface area (Å²) in [4.78, 5) is 34.6. The van der Waals surface area contributed by atoms with Crippen LogP contribution in [0, 0.1) is 0 Å². The molecule has 0 atom stereocenters. The lowest BCUT2D eigenvalue weighted by Gasteiger charge is -2.34. The molecule has 1 aliphatic rings. The van der Waals surface area contributed by atoms with Gasteiger partial charge in [0.15, 0.2) is 0 Å². The first-order valence-corrected chi connectivity index (χ1v) is 11.0. The minimum absolute atomic E-state index is 0.0659. The van der Waals surface area contributed by atoms with Gasteiger partial charge < -0.3 is 4.90 Å². The first-order chi connectivity index (χ1) is 15.2. The second-order valence-corrected chi connectivity index (χ2v) is 8.44. The average molecular weight is 432 g/mol. The minimum atomic E-state index is -0.170. The van der Waals surface area contributed by atoms with E-state index in [0.717, 1.165) is 34.9 Å². The van der Waals surface area contributed by atoms with Crippen molar-refractivity contribution in [2.45, 2.75) is 6.54 Å². The van der Waals surface area contributed by atoms with E-state index in [1.54, 1.807) is 6.07 Å². The quantitative estimate of drug-likeness (QED) is 0.497. The molecular formula is C23H21N5O2S. The molecule has 2 aromatic heterocycles. The first kappa shape index (κ1) is 19.6. The highest BCUT2D eigenvalue weighted by atomic mass is 32.1. The molecule has 1 aliphatic heterocycles. The number of aromatic nitrogens is 3. The molecule has 8 heteroatoms. The van der Waals surface area contributed by atoms with Crippen molar-refractivity contribution in [1.82, 2.24) is 24.4 Å². The van der Waals surface area contributed by atoms with Crippen LogP contribution in [0.15, 0.2) is 71.5 Å². The maximum atomic E-state index is 12.6. The number of fused-ring (bicyclic) bond motifs is 1. The van der Waals surface area contributed by atoms with Crippen molar-refractivity contribution in [1.29, 1.82) is 0 Å². The lowest BCUT2D eigenvalue weighted by atomic mass is 10.2. The van der Waals surface area contributed by atoms with Crippen LogP contribution in [0.2, 0.25) is 0 Å². The molecule has 4 aromatic rings. The molecular weight excluding hydrogens is 410 g/mol. The molecule has 3 heterocycles. The molecule has 1 fully saturated rings. The third-order valence-corrected chi connectivity index (χ3v) is 6.34. The standard InChI is InChI=1S/C23H21N5O2S/c29-20-15-19(24-23-28(20)25-21(31-23)17-7-3-1-4-8-17)16-26-11-13-27(14-12-26)22(30)18-9-5-2-6-10-18/h1-10,15H,11-14,16H2. The van der Waals surface area contributed by atoms with E-state index in [2.05, 4.69) is 15.0 Å². The second kappa shape index (κ2) is 8.41. The van der Waals surface area contributed by atoms with Gasteiger partial charge in [-0.2, -0.15) is 9.61 Å². The summed E-state index contributed by atoms with van der Waals surface area (Å²) in [6.45, 7) is 3.40. The number of nitrogens with zero attached hydrogens (tertiary/aromatic N) is 5. The fourth-order valence-corrected chi connectivity index (χ4v) is 4.67. The highest BCUT2D eigenvalue weighted by Gasteiger charge is 2.22. The van der Waals surface area contributed by atoms with Gasteiger partial charge in [0.25, 0.3) is 11.5 Å². The molecule has 156 valence electrons. The highest BCUT2D eigenvalue weighted by Crippen LogP contribution is 2.24. The molecule has 2 aromatic carbocycles. The Hall–Kier alpha value is -3.36. The van der Waals surface area contributed by atoms with E-state index in [9.17, 15) is 9.59 Å². The van der Waals surface area contributed by atoms with Crippen molar-refractivity contribution in [3.8, 4) is 10.6 Å². The van der Waals surface area contributed by atoms with Gasteiger partial charge >= 0.3 is 0 Å². The van der Waals surface area contributed by atoms with E-state index in [0.29, 0.717) is 24.6 Å². The number of amides is 1. The predicted octanol–water partition coefficient (Wildman–Crippen LogP) is 2.78. The number of hydrogen-bond donors (Lipinski definition) is 0. The highest BCUT2D eigenvalue weighted by molar-refractivity contribution is 7.19. The fraction of sp³-hybridized carbons (Fsp3) is 0.217. The Labute approximate surface area is 183 Å². The molecule has 1 amide bonds. The van der Waals surface area contributed by atoms with Crippen LogP contribution < -0.4 is 5.56 Å². The van der Waals surface area contributed by atoms with Gasteiger partial charge in [0.1, 0.15) is 5.01 Å². The van der Waals surface area contributed by atoms with E-state index in [4.69, 9.17) is 0 Å². The van der Waals surface area contributed by atoms with E-state index in [-0.39, 0.29) is 11.5 Å². The lowest BCUT2D eigenvalue weighted by molar-refractivity contribution is 0.0627. The van der Waals surface area contributed by atoms with E-state index < -0.39 is 0 Å². The van der Waals surface area contributed by atoms with Crippen molar-refractivity contribution in [2.75, 3.05) is 26.2 Å². The maximum absolute atomic E-state index is 12.6. The van der Waals surface area contributed by atoms with Gasteiger partial charge in [0.05, 0.1) is 5.69 Å². The van der Waals surface area contributed by atoms with Crippen molar-refractivity contribution in [2.24, 2.45) is 0 Å². The molecule has 0 radical (unpaired) electrons. The first-order valence-electron chi connectivity index (χ1n) is 10.2. The average Bonchev–Trinajstić information content (AvgIpc) is 3.25. The molecule has 0 saturated carbocycles. The van der Waals surface area contributed by atoms with Gasteiger partial charge in [0, 0.05) is 49.9 Å². The number of piperazine rings is 1. The van der Waals surface area contributed by atoms with E-state index in [1.165, 1.54) is 15.9 Å². The normalized spacial score (nSPS) is 14.8. The zero-order chi connectivity index (χ0) is 21.2. The molecule has 5 rings (SSSR count). The van der Waals surface area contributed by atoms with E-state index >= 15 is 0 Å². The Morgan fingerprint density at radius 3 is 2.32 bits per heavy atom. The van der Waals surface area contributed by atoms with Crippen LogP contribution in [0.25, 0.3) is 15.5 Å². The predicted molar refractivity (Wildman–Crippen MR) is 120 cm³/mol. The van der Waals surface area contributed by atoms with Crippen LogP contribution in [0.4, 0.5) is 0 Å². The van der Waals surface area contributed by atoms with Gasteiger partial charge in [-0.05, 0) is 12.1 Å². The van der Waals surface area contributed by atoms with Gasteiger partial charge in [0.2, 0.25) is 4.96 Å².